The van der Waals surface area contributed by atoms with Crippen LogP contribution in [0.2, 0.25) is 0 Å². The average molecular weight is 374 g/mol. The van der Waals surface area contributed by atoms with Crippen LogP contribution in [0.25, 0.3) is 0 Å². The number of carbonyl (C=O) groups is 1. The summed E-state index contributed by atoms with van der Waals surface area (Å²) in [6, 6.07) is 20.2. The Morgan fingerprint density at radius 3 is 1.96 bits per heavy atom. The SMILES string of the molecule is O=C1C=C[C@]2(COCc3ccccc3)CC=CC[C@]12COCc1ccccc1. The van der Waals surface area contributed by atoms with Crippen LogP contribution in [0, 0.1) is 10.8 Å². The highest BCUT2D eigenvalue weighted by molar-refractivity contribution is 5.99. The Balaban J connectivity index is 1.46. The molecule has 0 aromatic heterocycles. The van der Waals surface area contributed by atoms with Crippen molar-refractivity contribution in [2.45, 2.75) is 26.1 Å². The first-order valence-electron chi connectivity index (χ1n) is 9.86. The first-order chi connectivity index (χ1) is 13.7. The van der Waals surface area contributed by atoms with Crippen LogP contribution >= 0.6 is 0 Å². The Morgan fingerprint density at radius 1 is 0.750 bits per heavy atom. The summed E-state index contributed by atoms with van der Waals surface area (Å²) in [7, 11) is 0. The van der Waals surface area contributed by atoms with Crippen molar-refractivity contribution >= 4 is 5.78 Å². The number of hydrogen-bond acceptors (Lipinski definition) is 3. The van der Waals surface area contributed by atoms with Crippen molar-refractivity contribution in [1.29, 1.82) is 0 Å². The fourth-order valence-electron chi connectivity index (χ4n) is 4.31. The van der Waals surface area contributed by atoms with Crippen LogP contribution in [0.3, 0.4) is 0 Å². The van der Waals surface area contributed by atoms with Gasteiger partial charge in [-0.1, -0.05) is 78.9 Å². The van der Waals surface area contributed by atoms with E-state index in [2.05, 4.69) is 30.4 Å². The highest BCUT2D eigenvalue weighted by Crippen LogP contribution is 2.54. The van der Waals surface area contributed by atoms with Crippen molar-refractivity contribution in [3.63, 3.8) is 0 Å². The van der Waals surface area contributed by atoms with E-state index in [0.717, 1.165) is 17.5 Å². The normalized spacial score (nSPS) is 25.8. The van der Waals surface area contributed by atoms with Crippen LogP contribution in [0.15, 0.2) is 85.0 Å². The largest absolute Gasteiger partial charge is 0.376 e. The molecule has 144 valence electrons. The number of ether oxygens (including phenoxy) is 2. The fourth-order valence-corrected chi connectivity index (χ4v) is 4.31. The van der Waals surface area contributed by atoms with Crippen LogP contribution < -0.4 is 0 Å². The molecule has 3 heteroatoms. The summed E-state index contributed by atoms with van der Waals surface area (Å²) in [4.78, 5) is 13.0. The maximum Gasteiger partial charge on any atom is 0.165 e. The highest BCUT2D eigenvalue weighted by atomic mass is 16.5. The summed E-state index contributed by atoms with van der Waals surface area (Å²) in [5, 5.41) is 0. The smallest absolute Gasteiger partial charge is 0.165 e. The molecule has 0 saturated carbocycles. The quantitative estimate of drug-likeness (QED) is 0.618. The van der Waals surface area contributed by atoms with Gasteiger partial charge in [-0.25, -0.2) is 0 Å². The first kappa shape index (κ1) is 18.9. The number of rotatable bonds is 8. The van der Waals surface area contributed by atoms with Crippen LogP contribution in [-0.2, 0) is 27.5 Å². The van der Waals surface area contributed by atoms with Crippen molar-refractivity contribution in [3.8, 4) is 0 Å². The zero-order chi connectivity index (χ0) is 19.3. The summed E-state index contributed by atoms with van der Waals surface area (Å²) >= 11 is 0. The van der Waals surface area contributed by atoms with Gasteiger partial charge < -0.3 is 9.47 Å². The highest BCUT2D eigenvalue weighted by Gasteiger charge is 2.57. The van der Waals surface area contributed by atoms with Crippen molar-refractivity contribution in [2.24, 2.45) is 10.8 Å². The van der Waals surface area contributed by atoms with E-state index in [9.17, 15) is 4.79 Å². The molecule has 0 saturated heterocycles. The molecule has 3 nitrogen and oxygen atoms in total. The molecule has 2 aromatic rings. The van der Waals surface area contributed by atoms with E-state index in [-0.39, 0.29) is 11.2 Å². The minimum Gasteiger partial charge on any atom is -0.376 e. The fraction of sp³-hybridized carbons (Fsp3) is 0.320. The molecule has 2 aromatic carbocycles. The van der Waals surface area contributed by atoms with E-state index in [4.69, 9.17) is 9.47 Å². The summed E-state index contributed by atoms with van der Waals surface area (Å²) in [5.41, 5.74) is 1.37. The Labute approximate surface area is 166 Å². The van der Waals surface area contributed by atoms with Gasteiger partial charge in [-0.05, 0) is 30.0 Å². The van der Waals surface area contributed by atoms with E-state index >= 15 is 0 Å². The molecule has 0 unspecified atom stereocenters. The Hall–Kier alpha value is -2.49. The molecule has 2 atom stereocenters. The van der Waals surface area contributed by atoms with Crippen LogP contribution in [0.1, 0.15) is 24.0 Å². The molecule has 2 aliphatic carbocycles. The van der Waals surface area contributed by atoms with E-state index < -0.39 is 5.41 Å². The van der Waals surface area contributed by atoms with Crippen molar-refractivity contribution in [2.75, 3.05) is 13.2 Å². The molecular formula is C25H26O3. The van der Waals surface area contributed by atoms with Crippen LogP contribution in [0.5, 0.6) is 0 Å². The van der Waals surface area contributed by atoms with E-state index in [1.807, 2.05) is 48.5 Å². The van der Waals surface area contributed by atoms with Gasteiger partial charge in [0.25, 0.3) is 0 Å². The van der Waals surface area contributed by atoms with Gasteiger partial charge in [0.05, 0.1) is 31.8 Å². The molecule has 0 spiro atoms. The molecular weight excluding hydrogens is 348 g/mol. The molecule has 0 amide bonds. The maximum absolute atomic E-state index is 13.0. The summed E-state index contributed by atoms with van der Waals surface area (Å²) in [6.45, 7) is 1.99. The lowest BCUT2D eigenvalue weighted by molar-refractivity contribution is -0.139. The van der Waals surface area contributed by atoms with Crippen molar-refractivity contribution < 1.29 is 14.3 Å². The molecule has 4 rings (SSSR count). The van der Waals surface area contributed by atoms with Crippen molar-refractivity contribution in [1.82, 2.24) is 0 Å². The molecule has 0 radical (unpaired) electrons. The zero-order valence-corrected chi connectivity index (χ0v) is 16.1. The predicted octanol–water partition coefficient (Wildman–Crippen LogP) is 4.88. The van der Waals surface area contributed by atoms with Crippen LogP contribution in [-0.4, -0.2) is 19.0 Å². The monoisotopic (exact) mass is 374 g/mol. The van der Waals surface area contributed by atoms with Gasteiger partial charge in [0.15, 0.2) is 5.78 Å². The van der Waals surface area contributed by atoms with E-state index in [1.165, 1.54) is 0 Å². The minimum atomic E-state index is -0.562. The third-order valence-electron chi connectivity index (χ3n) is 6.02. The molecule has 0 heterocycles. The first-order valence-corrected chi connectivity index (χ1v) is 9.86. The lowest BCUT2D eigenvalue weighted by atomic mass is 9.60. The Morgan fingerprint density at radius 2 is 1.32 bits per heavy atom. The lowest BCUT2D eigenvalue weighted by Crippen LogP contribution is -2.49. The van der Waals surface area contributed by atoms with Gasteiger partial charge in [-0.2, -0.15) is 0 Å². The molecule has 0 aliphatic heterocycles. The summed E-state index contributed by atoms with van der Waals surface area (Å²) < 4.78 is 12.2. The second kappa shape index (κ2) is 8.26. The average Bonchev–Trinajstić information content (AvgIpc) is 3.03. The lowest BCUT2D eigenvalue weighted by Gasteiger charge is -2.45. The van der Waals surface area contributed by atoms with E-state index in [0.29, 0.717) is 32.8 Å². The number of carbonyl (C=O) groups excluding carboxylic acids is 1. The predicted molar refractivity (Wildman–Crippen MR) is 110 cm³/mol. The number of fused-ring (bicyclic) bond motifs is 1. The molecule has 0 bridgehead atoms. The maximum atomic E-state index is 13.0. The minimum absolute atomic E-state index is 0.160. The van der Waals surface area contributed by atoms with Crippen LogP contribution in [0.4, 0.5) is 0 Å². The van der Waals surface area contributed by atoms with Gasteiger partial charge in [0.1, 0.15) is 0 Å². The molecule has 0 fully saturated rings. The number of benzene rings is 2. The molecule has 0 N–H and O–H groups in total. The van der Waals surface area contributed by atoms with E-state index in [1.54, 1.807) is 6.08 Å². The molecule has 2 aliphatic rings. The standard InChI is InChI=1S/C25H26O3/c26-23-13-16-24(19-27-17-21-9-3-1-4-10-21)14-7-8-15-25(23,24)20-28-18-22-11-5-2-6-12-22/h1-13,16H,14-15,17-20H2/t24-,25-/m0/s1. The van der Waals surface area contributed by atoms with Gasteiger partial charge >= 0.3 is 0 Å². The number of ketones is 1. The molecule has 28 heavy (non-hydrogen) atoms. The van der Waals surface area contributed by atoms with Gasteiger partial charge in [0, 0.05) is 5.41 Å². The van der Waals surface area contributed by atoms with Gasteiger partial charge in [-0.3, -0.25) is 4.79 Å². The summed E-state index contributed by atoms with van der Waals surface area (Å²) in [5.74, 6) is 0.160. The Kier molecular flexibility index (Phi) is 5.56. The third-order valence-corrected chi connectivity index (χ3v) is 6.02. The number of hydrogen-bond donors (Lipinski definition) is 0. The second-order valence-electron chi connectivity index (χ2n) is 7.77. The second-order valence-corrected chi connectivity index (χ2v) is 7.77. The topological polar surface area (TPSA) is 35.5 Å². The van der Waals surface area contributed by atoms with Gasteiger partial charge in [-0.15, -0.1) is 0 Å². The zero-order valence-electron chi connectivity index (χ0n) is 16.1. The Bertz CT molecular complexity index is 856. The number of allylic oxidation sites excluding steroid dienone is 3. The third kappa shape index (κ3) is 3.60. The van der Waals surface area contributed by atoms with Crippen molar-refractivity contribution in [3.05, 3.63) is 96.1 Å². The van der Waals surface area contributed by atoms with Gasteiger partial charge in [0.2, 0.25) is 0 Å². The summed E-state index contributed by atoms with van der Waals surface area (Å²) in [6.07, 6.45) is 9.60.